The Kier molecular flexibility index (Phi) is 5.61. The van der Waals surface area contributed by atoms with Crippen molar-refractivity contribution < 1.29 is 29.0 Å². The number of Topliss-reactive ketones (excluding diaryl/α,β-unsaturated/α-hetero) is 1. The summed E-state index contributed by atoms with van der Waals surface area (Å²) >= 11 is 0. The third-order valence-corrected chi connectivity index (χ3v) is 11.5. The Morgan fingerprint density at radius 3 is 2.47 bits per heavy atom. The fraction of sp³-hybridized carbons (Fsp3) is 0.767. The average molecular weight is 497 g/mol. The molecule has 6 rings (SSSR count). The first kappa shape index (κ1) is 24.4. The molecule has 0 radical (unpaired) electrons. The van der Waals surface area contributed by atoms with Gasteiger partial charge in [-0.2, -0.15) is 0 Å². The summed E-state index contributed by atoms with van der Waals surface area (Å²) in [5, 5.41) is 9.88. The van der Waals surface area contributed by atoms with Gasteiger partial charge in [-0.1, -0.05) is 32.9 Å². The Morgan fingerprint density at radius 2 is 1.75 bits per heavy atom. The highest BCUT2D eigenvalue weighted by Crippen LogP contribution is 2.66. The molecule has 0 aromatic carbocycles. The van der Waals surface area contributed by atoms with Crippen LogP contribution >= 0.6 is 0 Å². The second-order valence-corrected chi connectivity index (χ2v) is 13.0. The number of carboxylic acids is 1. The van der Waals surface area contributed by atoms with E-state index in [4.69, 9.17) is 9.47 Å². The lowest BCUT2D eigenvalue weighted by Crippen LogP contribution is -2.62. The molecule has 0 aromatic rings. The summed E-state index contributed by atoms with van der Waals surface area (Å²) in [6, 6.07) is 0. The van der Waals surface area contributed by atoms with Gasteiger partial charge in [0.25, 0.3) is 0 Å². The van der Waals surface area contributed by atoms with Crippen molar-refractivity contribution >= 4 is 17.7 Å². The van der Waals surface area contributed by atoms with Gasteiger partial charge in [0, 0.05) is 23.3 Å². The van der Waals surface area contributed by atoms with Crippen LogP contribution in [0.3, 0.4) is 0 Å². The maximum Gasteiger partial charge on any atom is 0.341 e. The van der Waals surface area contributed by atoms with E-state index in [1.807, 2.05) is 0 Å². The minimum atomic E-state index is -1.06. The summed E-state index contributed by atoms with van der Waals surface area (Å²) in [7, 11) is 0. The second kappa shape index (κ2) is 8.28. The van der Waals surface area contributed by atoms with E-state index in [9.17, 15) is 19.5 Å². The highest BCUT2D eigenvalue weighted by Gasteiger charge is 2.73. The van der Waals surface area contributed by atoms with E-state index in [0.29, 0.717) is 24.2 Å². The normalized spacial score (nSPS) is 49.2. The van der Waals surface area contributed by atoms with Gasteiger partial charge in [0.1, 0.15) is 0 Å². The number of aliphatic carboxylic acids is 1. The van der Waals surface area contributed by atoms with Crippen molar-refractivity contribution in [2.24, 2.45) is 53.3 Å². The van der Waals surface area contributed by atoms with Crippen LogP contribution in [0.15, 0.2) is 23.8 Å². The molecule has 4 aliphatic carbocycles. The molecule has 36 heavy (non-hydrogen) atoms. The van der Waals surface area contributed by atoms with Crippen LogP contribution < -0.4 is 0 Å². The maximum absolute atomic E-state index is 14.0. The van der Waals surface area contributed by atoms with Gasteiger partial charge in [-0.25, -0.2) is 9.59 Å². The van der Waals surface area contributed by atoms with Crippen LogP contribution in [0.2, 0.25) is 0 Å². The van der Waals surface area contributed by atoms with Crippen LogP contribution in [0, 0.1) is 53.3 Å². The van der Waals surface area contributed by atoms with Crippen LogP contribution in [-0.4, -0.2) is 34.2 Å². The lowest BCUT2D eigenvalue weighted by molar-refractivity contribution is -0.319. The molecule has 2 bridgehead atoms. The number of allylic oxidation sites excluding steroid dienone is 2. The SMILES string of the molecule is C=C(C(=O)O)[C@@H]1CC[C@@H](C)[C@@H]2CC[C@@H]3CCC4([C@@H]5CC[C@@H](C)[C@@H]6CC(C(C)=O)=C[C@H]65)OC3(OC4=O)[C@H]21. The van der Waals surface area contributed by atoms with Gasteiger partial charge >= 0.3 is 11.9 Å². The molecule has 3 saturated carbocycles. The minimum absolute atomic E-state index is 0.00843. The van der Waals surface area contributed by atoms with E-state index in [0.717, 1.165) is 56.9 Å². The number of rotatable bonds is 4. The van der Waals surface area contributed by atoms with Crippen molar-refractivity contribution in [3.63, 3.8) is 0 Å². The van der Waals surface area contributed by atoms with Gasteiger partial charge < -0.3 is 14.6 Å². The number of carbonyl (C=O) groups excluding carboxylic acids is 2. The summed E-state index contributed by atoms with van der Waals surface area (Å²) in [5.41, 5.74) is 0.123. The van der Waals surface area contributed by atoms with Crippen molar-refractivity contribution in [3.8, 4) is 0 Å². The zero-order valence-electron chi connectivity index (χ0n) is 21.8. The van der Waals surface area contributed by atoms with Crippen LogP contribution in [0.1, 0.15) is 78.6 Å². The third-order valence-electron chi connectivity index (χ3n) is 11.5. The molecule has 1 N–H and O–H groups in total. The van der Waals surface area contributed by atoms with Gasteiger partial charge in [0.05, 0.1) is 0 Å². The number of fused-ring (bicyclic) bond motifs is 3. The van der Waals surface area contributed by atoms with Crippen molar-refractivity contribution in [1.82, 2.24) is 0 Å². The molecule has 6 nitrogen and oxygen atoms in total. The molecule has 11 atom stereocenters. The fourth-order valence-electron chi connectivity index (χ4n) is 9.59. The van der Waals surface area contributed by atoms with E-state index in [-0.39, 0.29) is 52.8 Å². The molecular formula is C30H40O6. The van der Waals surface area contributed by atoms with Crippen molar-refractivity contribution in [2.75, 3.05) is 0 Å². The standard InChI is InChI=1S/C30H40O6/c1-15-5-8-22(17(3)27(32)33)26-21(15)9-7-20-11-12-29(28(34)35-30(20,26)36-29)25-10-6-16(2)23-13-19(18(4)31)14-24(23)25/h14-16,20-26H,3,5-13H2,1-2,4H3,(H,32,33)/t15-,16-,20-,21+,22+,23+,24-,25-,26-,29?,30?/m1/s1. The van der Waals surface area contributed by atoms with Crippen molar-refractivity contribution in [1.29, 1.82) is 0 Å². The average Bonchev–Trinajstić information content (AvgIpc) is 3.38. The molecule has 2 saturated heterocycles. The Morgan fingerprint density at radius 1 is 1.03 bits per heavy atom. The third kappa shape index (κ3) is 3.21. The summed E-state index contributed by atoms with van der Waals surface area (Å²) in [5.74, 6) is -0.777. The quantitative estimate of drug-likeness (QED) is 0.419. The van der Waals surface area contributed by atoms with E-state index in [1.54, 1.807) is 6.92 Å². The lowest BCUT2D eigenvalue weighted by Gasteiger charge is -2.58. The molecule has 1 spiro atoms. The maximum atomic E-state index is 14.0. The van der Waals surface area contributed by atoms with E-state index in [1.165, 1.54) is 0 Å². The number of carbonyl (C=O) groups is 3. The Balaban J connectivity index is 1.41. The van der Waals surface area contributed by atoms with Gasteiger partial charge in [-0.3, -0.25) is 4.79 Å². The highest BCUT2D eigenvalue weighted by molar-refractivity contribution is 5.94. The van der Waals surface area contributed by atoms with E-state index < -0.39 is 17.4 Å². The first-order chi connectivity index (χ1) is 17.1. The molecule has 2 aliphatic heterocycles. The minimum Gasteiger partial charge on any atom is -0.478 e. The molecule has 6 aliphatic rings. The molecule has 2 heterocycles. The van der Waals surface area contributed by atoms with Crippen LogP contribution in [0.5, 0.6) is 0 Å². The zero-order chi connectivity index (χ0) is 25.6. The van der Waals surface area contributed by atoms with Gasteiger partial charge in [0.2, 0.25) is 5.79 Å². The first-order valence-corrected chi connectivity index (χ1v) is 14.2. The molecule has 6 heteroatoms. The monoisotopic (exact) mass is 496 g/mol. The molecular weight excluding hydrogens is 456 g/mol. The number of ketones is 1. The Labute approximate surface area is 213 Å². The summed E-state index contributed by atoms with van der Waals surface area (Å²) < 4.78 is 13.6. The topological polar surface area (TPSA) is 89.9 Å². The van der Waals surface area contributed by atoms with Crippen molar-refractivity contribution in [3.05, 3.63) is 23.8 Å². The van der Waals surface area contributed by atoms with Crippen LogP contribution in [0.25, 0.3) is 0 Å². The number of hydrogen-bond acceptors (Lipinski definition) is 5. The Hall–Kier alpha value is -1.95. The predicted octanol–water partition coefficient (Wildman–Crippen LogP) is 5.32. The summed E-state index contributed by atoms with van der Waals surface area (Å²) in [6.07, 6.45) is 10.0. The number of esters is 1. The predicted molar refractivity (Wildman–Crippen MR) is 132 cm³/mol. The Bertz CT molecular complexity index is 1040. The number of ether oxygens (including phenoxy) is 2. The first-order valence-electron chi connectivity index (χ1n) is 14.2. The summed E-state index contributed by atoms with van der Waals surface area (Å²) in [4.78, 5) is 38.3. The smallest absolute Gasteiger partial charge is 0.341 e. The molecule has 5 fully saturated rings. The zero-order valence-corrected chi connectivity index (χ0v) is 21.8. The second-order valence-electron chi connectivity index (χ2n) is 13.0. The number of hydrogen-bond donors (Lipinski definition) is 1. The van der Waals surface area contributed by atoms with Crippen LogP contribution in [0.4, 0.5) is 0 Å². The molecule has 0 amide bonds. The summed E-state index contributed by atoms with van der Waals surface area (Å²) in [6.45, 7) is 10.1. The molecule has 0 aromatic heterocycles. The molecule has 196 valence electrons. The van der Waals surface area contributed by atoms with Gasteiger partial charge in [-0.15, -0.1) is 0 Å². The fourth-order valence-corrected chi connectivity index (χ4v) is 9.59. The molecule has 2 unspecified atom stereocenters. The van der Waals surface area contributed by atoms with E-state index in [2.05, 4.69) is 26.5 Å². The van der Waals surface area contributed by atoms with E-state index >= 15 is 0 Å². The van der Waals surface area contributed by atoms with Gasteiger partial charge in [-0.05, 0) is 99.4 Å². The van der Waals surface area contributed by atoms with Crippen molar-refractivity contribution in [2.45, 2.75) is 89.9 Å². The lowest BCUT2D eigenvalue weighted by atomic mass is 9.53. The van der Waals surface area contributed by atoms with Crippen LogP contribution in [-0.2, 0) is 23.9 Å². The highest BCUT2D eigenvalue weighted by atomic mass is 16.8. The number of carboxylic acid groups (broad SMARTS) is 1. The largest absolute Gasteiger partial charge is 0.478 e. The van der Waals surface area contributed by atoms with Gasteiger partial charge in [0.15, 0.2) is 11.4 Å².